The van der Waals surface area contributed by atoms with Crippen LogP contribution in [0.5, 0.6) is 5.75 Å². The van der Waals surface area contributed by atoms with E-state index in [4.69, 9.17) is 9.29 Å². The van der Waals surface area contributed by atoms with Gasteiger partial charge in [-0.2, -0.15) is 8.42 Å². The second kappa shape index (κ2) is 7.06. The number of hydrogen-bond donors (Lipinski definition) is 1. The van der Waals surface area contributed by atoms with E-state index < -0.39 is 10.1 Å². The molecule has 0 aliphatic heterocycles. The van der Waals surface area contributed by atoms with Crippen LogP contribution in [0.1, 0.15) is 15.3 Å². The molecular weight excluding hydrogens is 307 g/mol. The zero-order valence-electron chi connectivity index (χ0n) is 12.5. The number of thiophene rings is 1. The Morgan fingerprint density at radius 1 is 1.15 bits per heavy atom. The molecule has 4 nitrogen and oxygen atoms in total. The van der Waals surface area contributed by atoms with Crippen molar-refractivity contribution in [3.05, 3.63) is 36.4 Å². The van der Waals surface area contributed by atoms with Crippen molar-refractivity contribution < 1.29 is 48.7 Å². The van der Waals surface area contributed by atoms with E-state index in [2.05, 4.69) is 0 Å². The predicted octanol–water partition coefficient (Wildman–Crippen LogP) is 0.566. The Balaban J connectivity index is 0.00000200. The first-order valence-electron chi connectivity index (χ1n) is 5.70. The van der Waals surface area contributed by atoms with Gasteiger partial charge in [0, 0.05) is 4.88 Å². The quantitative estimate of drug-likeness (QED) is 0.660. The zero-order chi connectivity index (χ0) is 14.0. The topological polar surface area (TPSA) is 63.6 Å². The number of benzene rings is 1. The Hall–Kier alpha value is -0.370. The summed E-state index contributed by atoms with van der Waals surface area (Å²) in [5.41, 5.74) is 0.885. The van der Waals surface area contributed by atoms with Crippen LogP contribution in [0.4, 0.5) is 0 Å². The van der Waals surface area contributed by atoms with Crippen LogP contribution in [-0.4, -0.2) is 19.1 Å². The van der Waals surface area contributed by atoms with Crippen molar-refractivity contribution in [3.8, 4) is 16.2 Å². The summed E-state index contributed by atoms with van der Waals surface area (Å²) < 4.78 is 36.4. The van der Waals surface area contributed by atoms with Crippen LogP contribution in [0, 0.1) is 0 Å². The van der Waals surface area contributed by atoms with E-state index in [9.17, 15) is 8.42 Å². The van der Waals surface area contributed by atoms with Gasteiger partial charge in [0.2, 0.25) is 0 Å². The minimum absolute atomic E-state index is 0. The van der Waals surface area contributed by atoms with Gasteiger partial charge in [0.25, 0.3) is 0 Å². The maximum Gasteiger partial charge on any atom is 1.00 e. The Labute approximate surface area is 146 Å². The summed E-state index contributed by atoms with van der Waals surface area (Å²) in [5.74, 6) is 0.769. The van der Waals surface area contributed by atoms with Gasteiger partial charge in [0.05, 0.1) is 6.10 Å². The molecule has 0 unspecified atom stereocenters. The number of rotatable bonds is 4. The maximum absolute atomic E-state index is 11.0. The molecule has 0 radical (unpaired) electrons. The molecule has 1 N–H and O–H groups in total. The van der Waals surface area contributed by atoms with Gasteiger partial charge in [-0.3, -0.25) is 4.55 Å². The van der Waals surface area contributed by atoms with Crippen molar-refractivity contribution in [2.75, 3.05) is 0 Å². The smallest absolute Gasteiger partial charge is 1.00 e. The molecule has 0 aliphatic carbocycles. The summed E-state index contributed by atoms with van der Waals surface area (Å²) in [7, 11) is -4.12. The van der Waals surface area contributed by atoms with Gasteiger partial charge < -0.3 is 6.16 Å². The Morgan fingerprint density at radius 3 is 2.20 bits per heavy atom. The van der Waals surface area contributed by atoms with Gasteiger partial charge in [0.15, 0.2) is 0 Å². The van der Waals surface area contributed by atoms with Crippen molar-refractivity contribution in [1.82, 2.24) is 0 Å². The molecule has 2 rings (SSSR count). The van der Waals surface area contributed by atoms with E-state index in [1.54, 1.807) is 6.07 Å². The molecule has 1 aromatic heterocycles. The number of hydrogen-bond acceptors (Lipinski definition) is 4. The molecule has 20 heavy (non-hydrogen) atoms. The van der Waals surface area contributed by atoms with Crippen LogP contribution >= 0.6 is 11.3 Å². The zero-order valence-corrected chi connectivity index (χ0v) is 15.2. The van der Waals surface area contributed by atoms with Crippen LogP contribution in [0.3, 0.4) is 0 Å². The molecule has 0 saturated heterocycles. The summed E-state index contributed by atoms with van der Waals surface area (Å²) >= 11 is 1.03. The van der Waals surface area contributed by atoms with Crippen LogP contribution in [0.15, 0.2) is 40.6 Å². The second-order valence-corrected chi connectivity index (χ2v) is 7.02. The maximum atomic E-state index is 11.0. The van der Waals surface area contributed by atoms with Crippen molar-refractivity contribution in [2.45, 2.75) is 24.2 Å². The van der Waals surface area contributed by atoms with Gasteiger partial charge >= 0.3 is 39.7 Å². The third-order valence-corrected chi connectivity index (χ3v) is 4.80. The summed E-state index contributed by atoms with van der Waals surface area (Å²) in [6.45, 7) is 3.90. The third-order valence-electron chi connectivity index (χ3n) is 2.35. The molecule has 104 valence electrons. The molecular formula is C13H15NaO4S2. The average Bonchev–Trinajstić information content (AvgIpc) is 2.78. The van der Waals surface area contributed by atoms with E-state index in [0.29, 0.717) is 0 Å². The molecule has 0 saturated carbocycles. The van der Waals surface area contributed by atoms with E-state index in [-0.39, 0.29) is 41.3 Å². The van der Waals surface area contributed by atoms with E-state index in [1.807, 2.05) is 38.1 Å². The monoisotopic (exact) mass is 322 g/mol. The molecule has 0 fully saturated rings. The summed E-state index contributed by atoms with van der Waals surface area (Å²) in [4.78, 5) is 0.781. The largest absolute Gasteiger partial charge is 1.00 e. The molecule has 0 amide bonds. The minimum atomic E-state index is -4.12. The molecule has 0 atom stereocenters. The normalized spacial score (nSPS) is 11.2. The molecule has 0 bridgehead atoms. The van der Waals surface area contributed by atoms with E-state index >= 15 is 0 Å². The van der Waals surface area contributed by atoms with Crippen molar-refractivity contribution in [2.24, 2.45) is 0 Å². The molecule has 1 heterocycles. The van der Waals surface area contributed by atoms with E-state index in [1.165, 1.54) is 6.07 Å². The van der Waals surface area contributed by atoms with Crippen LogP contribution in [0.25, 0.3) is 10.4 Å². The van der Waals surface area contributed by atoms with Crippen molar-refractivity contribution in [3.63, 3.8) is 0 Å². The molecule has 0 spiro atoms. The molecule has 7 heteroatoms. The average molecular weight is 322 g/mol. The second-order valence-electron chi connectivity index (χ2n) is 4.28. The van der Waals surface area contributed by atoms with Crippen LogP contribution in [-0.2, 0) is 10.1 Å². The van der Waals surface area contributed by atoms with Gasteiger partial charge in [-0.1, -0.05) is 0 Å². The van der Waals surface area contributed by atoms with Crippen LogP contribution in [0.2, 0.25) is 0 Å². The van der Waals surface area contributed by atoms with Crippen molar-refractivity contribution in [1.29, 1.82) is 0 Å². The fraction of sp³-hybridized carbons (Fsp3) is 0.231. The Bertz CT molecular complexity index is 666. The fourth-order valence-corrected chi connectivity index (χ4v) is 3.26. The fourth-order valence-electron chi connectivity index (χ4n) is 1.58. The predicted molar refractivity (Wildman–Crippen MR) is 76.4 cm³/mol. The van der Waals surface area contributed by atoms with E-state index in [0.717, 1.165) is 27.5 Å². The first-order valence-corrected chi connectivity index (χ1v) is 7.96. The Morgan fingerprint density at radius 2 is 1.75 bits per heavy atom. The third kappa shape index (κ3) is 4.58. The first kappa shape index (κ1) is 17.7. The van der Waals surface area contributed by atoms with Gasteiger partial charge in [0.1, 0.15) is 9.96 Å². The number of ether oxygens (including phenoxy) is 1. The van der Waals surface area contributed by atoms with Gasteiger partial charge in [-0.25, -0.2) is 0 Å². The molecule has 0 aliphatic rings. The SMILES string of the molecule is CC(C)Oc1ccc(-c2ccc(S(=O)(=O)O)s2)cc1.[H-].[Na+]. The summed E-state index contributed by atoms with van der Waals surface area (Å²) in [5, 5.41) is 0. The summed E-state index contributed by atoms with van der Waals surface area (Å²) in [6, 6.07) is 10.5. The van der Waals surface area contributed by atoms with Crippen molar-refractivity contribution >= 4 is 21.5 Å². The standard InChI is InChI=1S/C13H14O4S2.Na.H/c1-9(2)17-11-5-3-10(4-6-11)12-7-8-13(18-12)19(14,15)16;;/h3-9H,1-2H3,(H,14,15,16);;/q;+1;-1. The Kier molecular flexibility index (Phi) is 6.25. The van der Waals surface area contributed by atoms with Gasteiger partial charge in [-0.05, 0) is 55.8 Å². The minimum Gasteiger partial charge on any atom is -1.00 e. The van der Waals surface area contributed by atoms with Gasteiger partial charge in [-0.15, -0.1) is 11.3 Å². The molecule has 1 aromatic carbocycles. The molecule has 2 aromatic rings. The summed E-state index contributed by atoms with van der Waals surface area (Å²) in [6.07, 6.45) is 0.110. The first-order chi connectivity index (χ1) is 8.86. The van der Waals surface area contributed by atoms with Crippen LogP contribution < -0.4 is 34.3 Å².